The van der Waals surface area contributed by atoms with Gasteiger partial charge in [0.2, 0.25) is 5.88 Å². The lowest BCUT2D eigenvalue weighted by atomic mass is 10.2. The highest BCUT2D eigenvalue weighted by molar-refractivity contribution is 5.89. The largest absolute Gasteiger partial charge is 0.439 e. The zero-order valence-electron chi connectivity index (χ0n) is 13.6. The van der Waals surface area contributed by atoms with Gasteiger partial charge in [-0.25, -0.2) is 18.6 Å². The molecule has 0 radical (unpaired) electrons. The lowest BCUT2D eigenvalue weighted by Crippen LogP contribution is -2.28. The second-order valence-corrected chi connectivity index (χ2v) is 5.35. The van der Waals surface area contributed by atoms with Crippen molar-refractivity contribution in [1.82, 2.24) is 10.3 Å². The van der Waals surface area contributed by atoms with Crippen LogP contribution in [0.1, 0.15) is 5.56 Å². The quantitative estimate of drug-likeness (QED) is 0.710. The van der Waals surface area contributed by atoms with Crippen LogP contribution >= 0.6 is 0 Å². The molecule has 0 saturated carbocycles. The molecule has 0 unspecified atom stereocenters. The molecule has 2 aromatic carbocycles. The maximum atomic E-state index is 13.3. The highest BCUT2D eigenvalue weighted by Crippen LogP contribution is 2.23. The molecule has 2 amide bonds. The highest BCUT2D eigenvalue weighted by Gasteiger charge is 2.09. The molecular weight excluding hydrogens is 340 g/mol. The Labute approximate surface area is 148 Å². The highest BCUT2D eigenvalue weighted by atomic mass is 19.1. The van der Waals surface area contributed by atoms with Gasteiger partial charge in [0, 0.05) is 30.1 Å². The molecule has 1 heterocycles. The molecular formula is C19H15F2N3O2. The first kappa shape index (κ1) is 17.3. The smallest absolute Gasteiger partial charge is 0.319 e. The predicted molar refractivity (Wildman–Crippen MR) is 93.0 cm³/mol. The summed E-state index contributed by atoms with van der Waals surface area (Å²) >= 11 is 0. The van der Waals surface area contributed by atoms with Crippen molar-refractivity contribution < 1.29 is 18.3 Å². The fraction of sp³-hybridized carbons (Fsp3) is 0.0526. The monoisotopic (exact) mass is 355 g/mol. The molecule has 7 heteroatoms. The van der Waals surface area contributed by atoms with Crippen LogP contribution in [0.4, 0.5) is 19.3 Å². The van der Waals surface area contributed by atoms with E-state index in [0.717, 1.165) is 0 Å². The maximum Gasteiger partial charge on any atom is 0.319 e. The molecule has 0 saturated heterocycles. The number of nitrogens with one attached hydrogen (secondary N) is 2. The Morgan fingerprint density at radius 1 is 1.00 bits per heavy atom. The van der Waals surface area contributed by atoms with E-state index in [2.05, 4.69) is 15.6 Å². The van der Waals surface area contributed by atoms with Gasteiger partial charge in [-0.2, -0.15) is 0 Å². The average molecular weight is 355 g/mol. The Morgan fingerprint density at radius 3 is 2.54 bits per heavy atom. The fourth-order valence-electron chi connectivity index (χ4n) is 2.21. The molecule has 0 atom stereocenters. The number of amides is 2. The van der Waals surface area contributed by atoms with E-state index < -0.39 is 17.7 Å². The van der Waals surface area contributed by atoms with E-state index in [1.807, 2.05) is 0 Å². The van der Waals surface area contributed by atoms with E-state index in [0.29, 0.717) is 17.0 Å². The number of pyridine rings is 1. The summed E-state index contributed by atoms with van der Waals surface area (Å²) in [6.45, 7) is 0.125. The molecule has 132 valence electrons. The van der Waals surface area contributed by atoms with Crippen LogP contribution in [0, 0.1) is 11.6 Å². The lowest BCUT2D eigenvalue weighted by molar-refractivity contribution is 0.251. The van der Waals surface area contributed by atoms with Crippen molar-refractivity contribution in [2.75, 3.05) is 5.32 Å². The Kier molecular flexibility index (Phi) is 5.38. The van der Waals surface area contributed by atoms with Gasteiger partial charge in [-0.1, -0.05) is 18.2 Å². The minimum Gasteiger partial charge on any atom is -0.439 e. The van der Waals surface area contributed by atoms with Gasteiger partial charge in [0.05, 0.1) is 0 Å². The second kappa shape index (κ2) is 8.06. The van der Waals surface area contributed by atoms with Gasteiger partial charge in [0.1, 0.15) is 17.4 Å². The average Bonchev–Trinajstić information content (AvgIpc) is 2.61. The predicted octanol–water partition coefficient (Wildman–Crippen LogP) is 4.47. The summed E-state index contributed by atoms with van der Waals surface area (Å²) in [7, 11) is 0. The Morgan fingerprint density at radius 2 is 1.77 bits per heavy atom. The number of hydrogen-bond acceptors (Lipinski definition) is 3. The van der Waals surface area contributed by atoms with Crippen LogP contribution in [-0.4, -0.2) is 11.0 Å². The third-order valence-corrected chi connectivity index (χ3v) is 3.38. The van der Waals surface area contributed by atoms with E-state index in [4.69, 9.17) is 4.74 Å². The zero-order chi connectivity index (χ0) is 18.4. The minimum atomic E-state index is -0.504. The van der Waals surface area contributed by atoms with Gasteiger partial charge in [0.15, 0.2) is 0 Å². The molecule has 26 heavy (non-hydrogen) atoms. The molecule has 0 aliphatic heterocycles. The number of benzene rings is 2. The van der Waals surface area contributed by atoms with Crippen LogP contribution in [0.25, 0.3) is 0 Å². The number of carbonyl (C=O) groups is 1. The van der Waals surface area contributed by atoms with Crippen LogP contribution < -0.4 is 15.4 Å². The maximum absolute atomic E-state index is 13.3. The number of anilines is 1. The molecule has 0 aliphatic carbocycles. The van der Waals surface area contributed by atoms with Crippen molar-refractivity contribution in [3.05, 3.63) is 84.1 Å². The summed E-state index contributed by atoms with van der Waals surface area (Å²) in [6, 6.07) is 14.2. The van der Waals surface area contributed by atoms with Gasteiger partial charge in [-0.05, 0) is 36.4 Å². The van der Waals surface area contributed by atoms with Gasteiger partial charge < -0.3 is 15.4 Å². The second-order valence-electron chi connectivity index (χ2n) is 5.35. The van der Waals surface area contributed by atoms with E-state index >= 15 is 0 Å². The molecule has 0 fully saturated rings. The molecule has 3 aromatic rings. The molecule has 0 bridgehead atoms. The summed E-state index contributed by atoms with van der Waals surface area (Å²) in [6.07, 6.45) is 1.53. The molecule has 3 rings (SSSR count). The number of nitrogens with zero attached hydrogens (tertiary/aromatic N) is 1. The van der Waals surface area contributed by atoms with Crippen LogP contribution in [0.15, 0.2) is 66.9 Å². The van der Waals surface area contributed by atoms with E-state index in [-0.39, 0.29) is 12.4 Å². The molecule has 0 spiro atoms. The van der Waals surface area contributed by atoms with Crippen LogP contribution in [0.2, 0.25) is 0 Å². The van der Waals surface area contributed by atoms with E-state index in [1.165, 1.54) is 42.6 Å². The zero-order valence-corrected chi connectivity index (χ0v) is 13.6. The summed E-state index contributed by atoms with van der Waals surface area (Å²) in [5.74, 6) is -0.313. The topological polar surface area (TPSA) is 63.2 Å². The minimum absolute atomic E-state index is 0.125. The summed E-state index contributed by atoms with van der Waals surface area (Å²) in [5, 5.41) is 5.17. The van der Waals surface area contributed by atoms with E-state index in [9.17, 15) is 13.6 Å². The number of rotatable bonds is 5. The Bertz CT molecular complexity index is 919. The number of ether oxygens (including phenoxy) is 1. The van der Waals surface area contributed by atoms with Crippen molar-refractivity contribution >= 4 is 11.7 Å². The first-order valence-electron chi connectivity index (χ1n) is 7.78. The Balaban J connectivity index is 1.64. The first-order valence-corrected chi connectivity index (χ1v) is 7.78. The van der Waals surface area contributed by atoms with E-state index in [1.54, 1.807) is 24.3 Å². The first-order chi connectivity index (χ1) is 12.6. The Hall–Kier alpha value is -3.48. The third-order valence-electron chi connectivity index (χ3n) is 3.38. The molecule has 2 N–H and O–H groups in total. The van der Waals surface area contributed by atoms with Gasteiger partial charge in [-0.15, -0.1) is 0 Å². The van der Waals surface area contributed by atoms with Crippen LogP contribution in [0.5, 0.6) is 11.6 Å². The SMILES string of the molecule is O=C(NCc1cccnc1Oc1cccc(F)c1)Nc1cccc(F)c1. The van der Waals surface area contributed by atoms with Gasteiger partial charge >= 0.3 is 6.03 Å². The third kappa shape index (κ3) is 4.76. The normalized spacial score (nSPS) is 10.2. The van der Waals surface area contributed by atoms with Gasteiger partial charge in [-0.3, -0.25) is 0 Å². The summed E-state index contributed by atoms with van der Waals surface area (Å²) < 4.78 is 32.0. The number of carbonyl (C=O) groups excluding carboxylic acids is 1. The molecule has 1 aromatic heterocycles. The van der Waals surface area contributed by atoms with Crippen molar-refractivity contribution in [1.29, 1.82) is 0 Å². The molecule has 0 aliphatic rings. The van der Waals surface area contributed by atoms with Crippen molar-refractivity contribution in [2.24, 2.45) is 0 Å². The fourth-order valence-corrected chi connectivity index (χ4v) is 2.21. The summed E-state index contributed by atoms with van der Waals surface area (Å²) in [5.41, 5.74) is 0.941. The number of hydrogen-bond donors (Lipinski definition) is 2. The van der Waals surface area contributed by atoms with Crippen molar-refractivity contribution in [2.45, 2.75) is 6.54 Å². The van der Waals surface area contributed by atoms with Crippen LogP contribution in [-0.2, 0) is 6.54 Å². The van der Waals surface area contributed by atoms with Crippen molar-refractivity contribution in [3.8, 4) is 11.6 Å². The number of halogens is 2. The lowest BCUT2D eigenvalue weighted by Gasteiger charge is -2.11. The molecule has 5 nitrogen and oxygen atoms in total. The van der Waals surface area contributed by atoms with Gasteiger partial charge in [0.25, 0.3) is 0 Å². The summed E-state index contributed by atoms with van der Waals surface area (Å²) in [4.78, 5) is 16.1. The van der Waals surface area contributed by atoms with Crippen LogP contribution in [0.3, 0.4) is 0 Å². The standard InChI is InChI=1S/C19H15F2N3O2/c20-14-5-1-7-16(10-14)24-19(25)23-12-13-4-3-9-22-18(13)26-17-8-2-6-15(21)11-17/h1-11H,12H2,(H2,23,24,25). The number of urea groups is 1. The number of aromatic nitrogens is 1. The van der Waals surface area contributed by atoms with Crippen molar-refractivity contribution in [3.63, 3.8) is 0 Å².